The molecule has 0 aliphatic carbocycles. The fourth-order valence-electron chi connectivity index (χ4n) is 1.87. The smallest absolute Gasteiger partial charge is 0.408 e. The van der Waals surface area contributed by atoms with Gasteiger partial charge in [0.25, 0.3) is 0 Å². The van der Waals surface area contributed by atoms with Crippen LogP contribution in [0.25, 0.3) is 11.1 Å². The highest BCUT2D eigenvalue weighted by Crippen LogP contribution is 2.19. The summed E-state index contributed by atoms with van der Waals surface area (Å²) in [6.45, 7) is 6.58. The van der Waals surface area contributed by atoms with Crippen LogP contribution in [0.5, 0.6) is 0 Å². The van der Waals surface area contributed by atoms with Crippen LogP contribution in [0.2, 0.25) is 0 Å². The third-order valence-corrected chi connectivity index (χ3v) is 2.41. The molecule has 14 heavy (non-hydrogen) atoms. The summed E-state index contributed by atoms with van der Waals surface area (Å²) < 4.78 is 6.82. The van der Waals surface area contributed by atoms with Crippen LogP contribution in [0.15, 0.2) is 21.3 Å². The molecule has 0 saturated carbocycles. The van der Waals surface area contributed by atoms with Gasteiger partial charge in [-0.1, -0.05) is 6.07 Å². The van der Waals surface area contributed by atoms with Crippen LogP contribution in [-0.2, 0) is 6.54 Å². The Hall–Kier alpha value is -1.51. The Morgan fingerprint density at radius 1 is 1.36 bits per heavy atom. The highest BCUT2D eigenvalue weighted by molar-refractivity contribution is 5.77. The molecular formula is C11H13NO2. The molecule has 0 aliphatic heterocycles. The number of fused-ring (bicyclic) bond motifs is 1. The lowest BCUT2D eigenvalue weighted by Crippen LogP contribution is -2.12. The van der Waals surface area contributed by atoms with E-state index in [0.717, 1.165) is 16.6 Å². The molecule has 0 aliphatic rings. The molecule has 1 aromatic carbocycles. The molecule has 0 bridgehead atoms. The zero-order valence-corrected chi connectivity index (χ0v) is 8.63. The molecule has 2 rings (SSSR count). The van der Waals surface area contributed by atoms with E-state index in [0.29, 0.717) is 12.1 Å². The maximum absolute atomic E-state index is 11.4. The van der Waals surface area contributed by atoms with E-state index >= 15 is 0 Å². The van der Waals surface area contributed by atoms with Crippen LogP contribution in [0.3, 0.4) is 0 Å². The van der Waals surface area contributed by atoms with Crippen LogP contribution in [0, 0.1) is 13.8 Å². The van der Waals surface area contributed by atoms with Crippen molar-refractivity contribution in [2.75, 3.05) is 0 Å². The molecule has 0 saturated heterocycles. The molecule has 1 heterocycles. The minimum atomic E-state index is -0.267. The van der Waals surface area contributed by atoms with E-state index in [1.54, 1.807) is 4.57 Å². The lowest BCUT2D eigenvalue weighted by atomic mass is 10.1. The third kappa shape index (κ3) is 1.16. The summed E-state index contributed by atoms with van der Waals surface area (Å²) in [5.41, 5.74) is 3.82. The van der Waals surface area contributed by atoms with Gasteiger partial charge in [0, 0.05) is 6.54 Å². The first-order chi connectivity index (χ1) is 6.63. The summed E-state index contributed by atoms with van der Waals surface area (Å²) in [4.78, 5) is 11.4. The molecular weight excluding hydrogens is 178 g/mol. The molecule has 3 heteroatoms. The van der Waals surface area contributed by atoms with Crippen LogP contribution >= 0.6 is 0 Å². The fraction of sp³-hybridized carbons (Fsp3) is 0.364. The minimum Gasteiger partial charge on any atom is -0.408 e. The van der Waals surface area contributed by atoms with E-state index < -0.39 is 0 Å². The zero-order chi connectivity index (χ0) is 10.3. The molecule has 0 radical (unpaired) electrons. The van der Waals surface area contributed by atoms with Crippen LogP contribution < -0.4 is 5.76 Å². The van der Waals surface area contributed by atoms with Gasteiger partial charge < -0.3 is 4.42 Å². The molecule has 0 atom stereocenters. The normalized spacial score (nSPS) is 11.1. The van der Waals surface area contributed by atoms with Crippen molar-refractivity contribution in [2.45, 2.75) is 27.3 Å². The molecule has 0 N–H and O–H groups in total. The molecule has 0 unspecified atom stereocenters. The average molecular weight is 191 g/mol. The number of rotatable bonds is 1. The predicted octanol–water partition coefficient (Wildman–Crippen LogP) is 2.23. The lowest BCUT2D eigenvalue weighted by Gasteiger charge is -2.01. The van der Waals surface area contributed by atoms with Gasteiger partial charge in [0.1, 0.15) is 0 Å². The van der Waals surface area contributed by atoms with Crippen molar-refractivity contribution in [3.63, 3.8) is 0 Å². The summed E-state index contributed by atoms with van der Waals surface area (Å²) in [7, 11) is 0. The van der Waals surface area contributed by atoms with Crippen molar-refractivity contribution >= 4 is 11.1 Å². The lowest BCUT2D eigenvalue weighted by molar-refractivity contribution is 0.513. The van der Waals surface area contributed by atoms with Gasteiger partial charge in [-0.05, 0) is 38.0 Å². The number of aromatic nitrogens is 1. The van der Waals surface area contributed by atoms with E-state index in [2.05, 4.69) is 6.07 Å². The largest absolute Gasteiger partial charge is 0.419 e. The van der Waals surface area contributed by atoms with E-state index in [1.807, 2.05) is 26.8 Å². The van der Waals surface area contributed by atoms with Crippen LogP contribution in [-0.4, -0.2) is 4.57 Å². The van der Waals surface area contributed by atoms with Crippen LogP contribution in [0.1, 0.15) is 18.1 Å². The van der Waals surface area contributed by atoms with Crippen molar-refractivity contribution in [3.05, 3.63) is 33.8 Å². The van der Waals surface area contributed by atoms with Gasteiger partial charge in [0.15, 0.2) is 5.58 Å². The maximum atomic E-state index is 11.4. The highest BCUT2D eigenvalue weighted by Gasteiger charge is 2.10. The fourth-order valence-corrected chi connectivity index (χ4v) is 1.87. The standard InChI is InChI=1S/C11H13NO2/c1-4-12-10-8(3)5-7(2)6-9(10)14-11(12)13/h5-6H,4H2,1-3H3. The Bertz CT molecular complexity index is 534. The molecule has 0 amide bonds. The number of hydrogen-bond acceptors (Lipinski definition) is 2. The molecule has 74 valence electrons. The monoisotopic (exact) mass is 191 g/mol. The van der Waals surface area contributed by atoms with Crippen molar-refractivity contribution in [1.29, 1.82) is 0 Å². The van der Waals surface area contributed by atoms with Crippen molar-refractivity contribution in [3.8, 4) is 0 Å². The Morgan fingerprint density at radius 3 is 2.71 bits per heavy atom. The summed E-state index contributed by atoms with van der Waals surface area (Å²) in [5, 5.41) is 0. The van der Waals surface area contributed by atoms with Crippen molar-refractivity contribution in [1.82, 2.24) is 4.57 Å². The Morgan fingerprint density at radius 2 is 2.07 bits per heavy atom. The van der Waals surface area contributed by atoms with Gasteiger partial charge in [0.05, 0.1) is 5.52 Å². The van der Waals surface area contributed by atoms with E-state index in [-0.39, 0.29) is 5.76 Å². The SMILES string of the molecule is CCn1c(=O)oc2cc(C)cc(C)c21. The quantitative estimate of drug-likeness (QED) is 0.692. The second-order valence-corrected chi connectivity index (χ2v) is 3.54. The van der Waals surface area contributed by atoms with Crippen molar-refractivity contribution < 1.29 is 4.42 Å². The van der Waals surface area contributed by atoms with Gasteiger partial charge >= 0.3 is 5.76 Å². The molecule has 1 aromatic heterocycles. The Kier molecular flexibility index (Phi) is 1.95. The summed E-state index contributed by atoms with van der Waals surface area (Å²) >= 11 is 0. The number of nitrogens with zero attached hydrogens (tertiary/aromatic N) is 1. The second-order valence-electron chi connectivity index (χ2n) is 3.54. The third-order valence-electron chi connectivity index (χ3n) is 2.41. The van der Waals surface area contributed by atoms with Crippen molar-refractivity contribution in [2.24, 2.45) is 0 Å². The second kappa shape index (κ2) is 3.01. The minimum absolute atomic E-state index is 0.267. The maximum Gasteiger partial charge on any atom is 0.419 e. The van der Waals surface area contributed by atoms with E-state index in [9.17, 15) is 4.79 Å². The number of hydrogen-bond donors (Lipinski definition) is 0. The first-order valence-corrected chi connectivity index (χ1v) is 4.74. The van der Waals surface area contributed by atoms with Gasteiger partial charge in [-0.25, -0.2) is 4.79 Å². The summed E-state index contributed by atoms with van der Waals surface area (Å²) in [6, 6.07) is 3.96. The number of oxazole rings is 1. The van der Waals surface area contributed by atoms with E-state index in [1.165, 1.54) is 0 Å². The first-order valence-electron chi connectivity index (χ1n) is 4.74. The molecule has 2 aromatic rings. The number of aryl methyl sites for hydroxylation is 3. The average Bonchev–Trinajstić information content (AvgIpc) is 2.40. The van der Waals surface area contributed by atoms with Gasteiger partial charge in [-0.3, -0.25) is 4.57 Å². The first kappa shape index (κ1) is 9.06. The summed E-state index contributed by atoms with van der Waals surface area (Å²) in [6.07, 6.45) is 0. The Balaban J connectivity index is 2.95. The van der Waals surface area contributed by atoms with Gasteiger partial charge in [0.2, 0.25) is 0 Å². The van der Waals surface area contributed by atoms with Gasteiger partial charge in [-0.2, -0.15) is 0 Å². The molecule has 0 fully saturated rings. The zero-order valence-electron chi connectivity index (χ0n) is 8.63. The highest BCUT2D eigenvalue weighted by atomic mass is 16.4. The van der Waals surface area contributed by atoms with Gasteiger partial charge in [-0.15, -0.1) is 0 Å². The topological polar surface area (TPSA) is 35.1 Å². The molecule has 3 nitrogen and oxygen atoms in total. The summed E-state index contributed by atoms with van der Waals surface area (Å²) in [5.74, 6) is -0.267. The predicted molar refractivity (Wildman–Crippen MR) is 55.6 cm³/mol. The molecule has 0 spiro atoms. The number of benzene rings is 1. The Labute approximate surface area is 82.0 Å². The van der Waals surface area contributed by atoms with E-state index in [4.69, 9.17) is 4.42 Å². The van der Waals surface area contributed by atoms with Crippen LogP contribution in [0.4, 0.5) is 0 Å².